The summed E-state index contributed by atoms with van der Waals surface area (Å²) >= 11 is 0. The van der Waals surface area contributed by atoms with Crippen LogP contribution in [0.4, 0.5) is 0 Å². The zero-order chi connectivity index (χ0) is 34.8. The van der Waals surface area contributed by atoms with Crippen molar-refractivity contribution >= 4 is 11.9 Å². The fraction of sp³-hybridized carbons (Fsp3) is 0.442. The van der Waals surface area contributed by atoms with Gasteiger partial charge in [0.2, 0.25) is 0 Å². The second-order valence-corrected chi connectivity index (χ2v) is 14.1. The van der Waals surface area contributed by atoms with Gasteiger partial charge in [-0.25, -0.2) is 9.59 Å². The number of unbranched alkanes of at least 4 members (excludes halogenated alkanes) is 2. The Hall–Kier alpha value is -4.00. The van der Waals surface area contributed by atoms with Crippen LogP contribution in [0.1, 0.15) is 106 Å². The van der Waals surface area contributed by atoms with Gasteiger partial charge in [0.05, 0.1) is 24.4 Å². The largest absolute Gasteiger partial charge is 0.423 e. The van der Waals surface area contributed by atoms with Gasteiger partial charge in [-0.05, 0) is 128 Å². The zero-order valence-corrected chi connectivity index (χ0v) is 29.0. The molecule has 6 nitrogen and oxygen atoms in total. The molecule has 2 aliphatic rings. The Kier molecular flexibility index (Phi) is 12.7. The maximum atomic E-state index is 12.2. The first-order chi connectivity index (χ1) is 23.8. The van der Waals surface area contributed by atoms with Crippen LogP contribution >= 0.6 is 0 Å². The zero-order valence-electron chi connectivity index (χ0n) is 29.0. The molecule has 0 amide bonds. The van der Waals surface area contributed by atoms with E-state index < -0.39 is 25.2 Å². The lowest BCUT2D eigenvalue weighted by Crippen LogP contribution is -2.35. The molecule has 0 radical (unpaired) electrons. The predicted octanol–water partition coefficient (Wildman–Crippen LogP) is 8.78. The number of ether oxygens (including phenoxy) is 2. The van der Waals surface area contributed by atoms with Crippen molar-refractivity contribution in [1.29, 1.82) is 0 Å². The maximum absolute atomic E-state index is 12.2. The summed E-state index contributed by atoms with van der Waals surface area (Å²) in [5, 5.41) is 18.5. The van der Waals surface area contributed by atoms with E-state index in [9.17, 15) is 19.8 Å². The van der Waals surface area contributed by atoms with Gasteiger partial charge in [0.25, 0.3) is 0 Å². The lowest BCUT2D eigenvalue weighted by Gasteiger charge is -2.44. The average molecular weight is 665 g/mol. The Labute approximate surface area is 291 Å². The van der Waals surface area contributed by atoms with E-state index in [2.05, 4.69) is 44.3 Å². The third-order valence-electron chi connectivity index (χ3n) is 11.0. The molecule has 0 unspecified atom stereocenters. The smallest absolute Gasteiger partial charge is 0.341 e. The summed E-state index contributed by atoms with van der Waals surface area (Å²) in [5.74, 6) is 1.60. The predicted molar refractivity (Wildman–Crippen MR) is 194 cm³/mol. The van der Waals surface area contributed by atoms with Gasteiger partial charge < -0.3 is 19.7 Å². The van der Waals surface area contributed by atoms with E-state index >= 15 is 0 Å². The first-order valence-corrected chi connectivity index (χ1v) is 18.1. The first kappa shape index (κ1) is 36.3. The summed E-state index contributed by atoms with van der Waals surface area (Å²) in [7, 11) is 0. The van der Waals surface area contributed by atoms with Crippen LogP contribution in [0.25, 0.3) is 0 Å². The molecule has 0 atom stereocenters. The summed E-state index contributed by atoms with van der Waals surface area (Å²) in [5.41, 5.74) is 5.02. The number of hydrogen-bond donors (Lipinski definition) is 2. The van der Waals surface area contributed by atoms with Crippen molar-refractivity contribution in [2.45, 2.75) is 95.3 Å². The third kappa shape index (κ3) is 8.97. The molecule has 0 aromatic heterocycles. The lowest BCUT2D eigenvalue weighted by molar-refractivity contribution is -0.131. The van der Waals surface area contributed by atoms with Gasteiger partial charge in [-0.1, -0.05) is 81.5 Å². The minimum Gasteiger partial charge on any atom is -0.423 e. The van der Waals surface area contributed by atoms with E-state index in [1.54, 1.807) is 24.3 Å². The Bertz CT molecular complexity index is 1480. The Morgan fingerprint density at radius 3 is 1.59 bits per heavy atom. The topological polar surface area (TPSA) is 93.1 Å². The molecule has 3 aromatic rings. The summed E-state index contributed by atoms with van der Waals surface area (Å²) in [6.45, 7) is 8.47. The highest BCUT2D eigenvalue weighted by Gasteiger charge is 2.41. The van der Waals surface area contributed by atoms with Crippen LogP contribution < -0.4 is 9.47 Å². The van der Waals surface area contributed by atoms with Crippen LogP contribution in [0.15, 0.2) is 97.1 Å². The molecule has 0 saturated heterocycles. The Morgan fingerprint density at radius 2 is 1.14 bits per heavy atom. The molecule has 0 spiro atoms. The molecule has 49 heavy (non-hydrogen) atoms. The van der Waals surface area contributed by atoms with Crippen molar-refractivity contribution in [3.8, 4) is 11.5 Å². The van der Waals surface area contributed by atoms with Crippen molar-refractivity contribution in [3.05, 3.63) is 119 Å². The number of esters is 2. The van der Waals surface area contributed by atoms with Gasteiger partial charge in [-0.2, -0.15) is 0 Å². The summed E-state index contributed by atoms with van der Waals surface area (Å²) in [6, 6.07) is 24.8. The third-order valence-corrected chi connectivity index (χ3v) is 11.0. The van der Waals surface area contributed by atoms with Crippen LogP contribution in [-0.2, 0) is 21.4 Å². The molecule has 2 fully saturated rings. The summed E-state index contributed by atoms with van der Waals surface area (Å²) < 4.78 is 10.8. The van der Waals surface area contributed by atoms with E-state index in [0.717, 1.165) is 42.7 Å². The number of carbonyl (C=O) groups is 2. The van der Waals surface area contributed by atoms with Crippen molar-refractivity contribution in [1.82, 2.24) is 0 Å². The van der Waals surface area contributed by atoms with Crippen LogP contribution in [0.3, 0.4) is 0 Å². The van der Waals surface area contributed by atoms with E-state index in [0.29, 0.717) is 23.3 Å². The fourth-order valence-electron chi connectivity index (χ4n) is 7.98. The summed E-state index contributed by atoms with van der Waals surface area (Å²) in [4.78, 5) is 24.4. The second-order valence-electron chi connectivity index (χ2n) is 14.1. The first-order valence-electron chi connectivity index (χ1n) is 18.1. The average Bonchev–Trinajstić information content (AvgIpc) is 3.15. The standard InChI is InChI=1S/C43H52O6/c1-4-5-6-7-32-8-10-33(11-9-32)34-12-14-35(15-13-34)36-24-26-43(27-25-36,37-16-20-39(21-17-37)48-41(46)30(2)28-44)38-18-22-40(23-19-38)49-42(47)31(3)29-45/h8-11,16-23,34-36,44-45H,2-7,12-15,24-29H2,1H3. The molecule has 0 aliphatic heterocycles. The van der Waals surface area contributed by atoms with E-state index in [1.807, 2.05) is 24.3 Å². The number of aliphatic hydroxyl groups is 2. The monoisotopic (exact) mass is 664 g/mol. The van der Waals surface area contributed by atoms with Crippen LogP contribution in [0.5, 0.6) is 11.5 Å². The molecule has 6 heteroatoms. The van der Waals surface area contributed by atoms with Gasteiger partial charge in [-0.15, -0.1) is 0 Å². The van der Waals surface area contributed by atoms with Gasteiger partial charge in [-0.3, -0.25) is 0 Å². The number of benzene rings is 3. The Balaban J connectivity index is 1.27. The van der Waals surface area contributed by atoms with Gasteiger partial charge >= 0.3 is 11.9 Å². The lowest BCUT2D eigenvalue weighted by atomic mass is 9.60. The van der Waals surface area contributed by atoms with Crippen molar-refractivity contribution in [2.75, 3.05) is 13.2 Å². The van der Waals surface area contributed by atoms with E-state index in [4.69, 9.17) is 9.47 Å². The van der Waals surface area contributed by atoms with Gasteiger partial charge in [0.15, 0.2) is 0 Å². The van der Waals surface area contributed by atoms with Crippen molar-refractivity contribution < 1.29 is 29.3 Å². The molecular formula is C43H52O6. The van der Waals surface area contributed by atoms with Crippen molar-refractivity contribution in [3.63, 3.8) is 0 Å². The molecule has 0 bridgehead atoms. The van der Waals surface area contributed by atoms with E-state index in [-0.39, 0.29) is 16.6 Å². The molecule has 260 valence electrons. The molecule has 5 rings (SSSR count). The Morgan fingerprint density at radius 1 is 0.673 bits per heavy atom. The normalized spacial score (nSPS) is 19.2. The highest BCUT2D eigenvalue weighted by Crippen LogP contribution is 2.51. The minimum absolute atomic E-state index is 0.00645. The van der Waals surface area contributed by atoms with E-state index in [1.165, 1.54) is 62.5 Å². The number of aryl methyl sites for hydroxylation is 1. The fourth-order valence-corrected chi connectivity index (χ4v) is 7.98. The molecule has 2 aliphatic carbocycles. The molecule has 2 saturated carbocycles. The highest BCUT2D eigenvalue weighted by molar-refractivity contribution is 5.90. The number of hydrogen-bond acceptors (Lipinski definition) is 6. The highest BCUT2D eigenvalue weighted by atomic mass is 16.5. The number of carbonyl (C=O) groups excluding carboxylic acids is 2. The molecule has 0 heterocycles. The van der Waals surface area contributed by atoms with Crippen LogP contribution in [-0.4, -0.2) is 35.4 Å². The number of aliphatic hydroxyl groups excluding tert-OH is 2. The molecule has 2 N–H and O–H groups in total. The molecule has 3 aromatic carbocycles. The van der Waals surface area contributed by atoms with Crippen LogP contribution in [0.2, 0.25) is 0 Å². The van der Waals surface area contributed by atoms with Crippen LogP contribution in [0, 0.1) is 11.8 Å². The maximum Gasteiger partial charge on any atom is 0.341 e. The quantitative estimate of drug-likeness (QED) is 0.0775. The molecular weight excluding hydrogens is 612 g/mol. The summed E-state index contributed by atoms with van der Waals surface area (Å²) in [6.07, 6.45) is 14.3. The van der Waals surface area contributed by atoms with Gasteiger partial charge in [0, 0.05) is 5.41 Å². The van der Waals surface area contributed by atoms with Gasteiger partial charge in [0.1, 0.15) is 11.5 Å². The minimum atomic E-state index is -0.645. The second kappa shape index (κ2) is 17.1. The SMILES string of the molecule is C=C(CO)C(=O)Oc1ccc(C2(c3ccc(OC(=O)C(=C)CO)cc3)CCC(C3CCC(c4ccc(CCCCC)cc4)CC3)CC2)cc1. The number of rotatable bonds is 14. The van der Waals surface area contributed by atoms with Crippen molar-refractivity contribution in [2.24, 2.45) is 11.8 Å².